The maximum Gasteiger partial charge on any atom is 0.332 e. The molecule has 1 aliphatic rings. The Bertz CT molecular complexity index is 892. The molecule has 2 heterocycles. The minimum absolute atomic E-state index is 0.279. The van der Waals surface area contributed by atoms with Crippen molar-refractivity contribution in [2.45, 2.75) is 20.8 Å². The molecule has 0 aliphatic carbocycles. The third kappa shape index (κ3) is 1.73. The van der Waals surface area contributed by atoms with E-state index >= 15 is 0 Å². The molecule has 3 rings (SSSR count). The molecule has 6 nitrogen and oxygen atoms in total. The van der Waals surface area contributed by atoms with Crippen LogP contribution in [0.4, 0.5) is 22.9 Å². The number of anilines is 4. The summed E-state index contributed by atoms with van der Waals surface area (Å²) in [4.78, 5) is 26.8. The van der Waals surface area contributed by atoms with Crippen molar-refractivity contribution in [2.75, 3.05) is 16.8 Å². The molecule has 22 heavy (non-hydrogen) atoms. The third-order valence-electron chi connectivity index (χ3n) is 4.33. The van der Waals surface area contributed by atoms with Crippen LogP contribution in [0, 0.1) is 13.8 Å². The van der Waals surface area contributed by atoms with Crippen LogP contribution in [-0.2, 0) is 14.1 Å². The molecule has 1 N–H and O–H groups in total. The lowest BCUT2D eigenvalue weighted by molar-refractivity contribution is 0.687. The van der Waals surface area contributed by atoms with Crippen molar-refractivity contribution in [1.82, 2.24) is 9.13 Å². The molecular formula is C16H20N4O2. The smallest absolute Gasteiger partial charge is 0.332 e. The maximum atomic E-state index is 12.6. The SMILES string of the molecule is CCN1c2c(C)ccc(C)c2Nc2c1c(=O)n(C)c(=O)n2C. The molecule has 0 fully saturated rings. The summed E-state index contributed by atoms with van der Waals surface area (Å²) in [5.41, 5.74) is 4.05. The van der Waals surface area contributed by atoms with Gasteiger partial charge in [0.15, 0.2) is 0 Å². The molecule has 0 amide bonds. The summed E-state index contributed by atoms with van der Waals surface area (Å²) in [6.07, 6.45) is 0. The highest BCUT2D eigenvalue weighted by atomic mass is 16.2. The summed E-state index contributed by atoms with van der Waals surface area (Å²) in [6, 6.07) is 4.09. The second kappa shape index (κ2) is 4.76. The summed E-state index contributed by atoms with van der Waals surface area (Å²) in [5, 5.41) is 3.30. The van der Waals surface area contributed by atoms with E-state index in [1.165, 1.54) is 11.6 Å². The minimum Gasteiger partial charge on any atom is -0.338 e. The molecule has 1 aliphatic heterocycles. The zero-order valence-corrected chi connectivity index (χ0v) is 13.5. The third-order valence-corrected chi connectivity index (χ3v) is 4.33. The van der Waals surface area contributed by atoms with Gasteiger partial charge in [0.1, 0.15) is 11.5 Å². The Morgan fingerprint density at radius 3 is 2.27 bits per heavy atom. The molecule has 6 heteroatoms. The lowest BCUT2D eigenvalue weighted by Gasteiger charge is -2.35. The first-order valence-corrected chi connectivity index (χ1v) is 7.33. The van der Waals surface area contributed by atoms with Crippen molar-refractivity contribution < 1.29 is 0 Å². The fraction of sp³-hybridized carbons (Fsp3) is 0.375. The Hall–Kier alpha value is -2.50. The molecule has 0 bridgehead atoms. The highest BCUT2D eigenvalue weighted by Crippen LogP contribution is 2.44. The van der Waals surface area contributed by atoms with Crippen LogP contribution in [0.3, 0.4) is 0 Å². The number of nitrogens with one attached hydrogen (secondary N) is 1. The number of hydrogen-bond donors (Lipinski definition) is 1. The summed E-state index contributed by atoms with van der Waals surface area (Å²) in [6.45, 7) is 6.70. The van der Waals surface area contributed by atoms with Crippen LogP contribution in [0.5, 0.6) is 0 Å². The van der Waals surface area contributed by atoms with Gasteiger partial charge in [-0.1, -0.05) is 12.1 Å². The van der Waals surface area contributed by atoms with Crippen molar-refractivity contribution >= 4 is 22.9 Å². The predicted octanol–water partition coefficient (Wildman–Crippen LogP) is 1.92. The van der Waals surface area contributed by atoms with Gasteiger partial charge in [-0.3, -0.25) is 13.9 Å². The van der Waals surface area contributed by atoms with E-state index in [1.807, 2.05) is 31.7 Å². The second-order valence-electron chi connectivity index (χ2n) is 5.70. The van der Waals surface area contributed by atoms with E-state index in [0.29, 0.717) is 18.1 Å². The summed E-state index contributed by atoms with van der Waals surface area (Å²) < 4.78 is 2.64. The molecule has 1 aromatic carbocycles. The molecule has 116 valence electrons. The Kier molecular flexibility index (Phi) is 3.12. The van der Waals surface area contributed by atoms with E-state index in [2.05, 4.69) is 11.4 Å². The molecule has 0 saturated heterocycles. The number of rotatable bonds is 1. The maximum absolute atomic E-state index is 12.6. The highest BCUT2D eigenvalue weighted by Gasteiger charge is 2.29. The first kappa shape index (κ1) is 14.4. The number of aryl methyl sites for hydroxylation is 2. The van der Waals surface area contributed by atoms with Gasteiger partial charge in [0.2, 0.25) is 0 Å². The standard InChI is InChI=1S/C16H20N4O2/c1-6-20-12-10(3)8-7-9(2)11(12)17-14-13(20)15(21)19(5)16(22)18(14)4/h7-8,17H,6H2,1-5H3. The average Bonchev–Trinajstić information content (AvgIpc) is 2.52. The number of aromatic nitrogens is 2. The van der Waals surface area contributed by atoms with Gasteiger partial charge in [-0.05, 0) is 31.9 Å². The van der Waals surface area contributed by atoms with Crippen molar-refractivity contribution in [1.29, 1.82) is 0 Å². The van der Waals surface area contributed by atoms with E-state index in [9.17, 15) is 9.59 Å². The molecule has 0 radical (unpaired) electrons. The van der Waals surface area contributed by atoms with Crippen molar-refractivity contribution in [3.63, 3.8) is 0 Å². The quantitative estimate of drug-likeness (QED) is 0.874. The number of nitrogens with zero attached hydrogens (tertiary/aromatic N) is 3. The van der Waals surface area contributed by atoms with Gasteiger partial charge in [-0.2, -0.15) is 0 Å². The summed E-state index contributed by atoms with van der Waals surface area (Å²) in [7, 11) is 3.19. The normalized spacial score (nSPS) is 12.7. The average molecular weight is 300 g/mol. The van der Waals surface area contributed by atoms with Gasteiger partial charge in [-0.15, -0.1) is 0 Å². The van der Waals surface area contributed by atoms with Crippen LogP contribution >= 0.6 is 0 Å². The van der Waals surface area contributed by atoms with Gasteiger partial charge >= 0.3 is 5.69 Å². The van der Waals surface area contributed by atoms with Gasteiger partial charge in [0.25, 0.3) is 5.56 Å². The lowest BCUT2D eigenvalue weighted by atomic mass is 10.0. The van der Waals surface area contributed by atoms with Gasteiger partial charge < -0.3 is 10.2 Å². The number of benzene rings is 1. The summed E-state index contributed by atoms with van der Waals surface area (Å²) in [5.74, 6) is 0.552. The van der Waals surface area contributed by atoms with E-state index in [4.69, 9.17) is 0 Å². The lowest BCUT2D eigenvalue weighted by Crippen LogP contribution is -2.43. The molecule has 0 spiro atoms. The Morgan fingerprint density at radius 1 is 1.00 bits per heavy atom. The second-order valence-corrected chi connectivity index (χ2v) is 5.70. The van der Waals surface area contributed by atoms with E-state index in [0.717, 1.165) is 27.1 Å². The molecule has 1 aromatic heterocycles. The van der Waals surface area contributed by atoms with Crippen molar-refractivity contribution in [3.05, 3.63) is 44.1 Å². The summed E-state index contributed by atoms with van der Waals surface area (Å²) >= 11 is 0. The fourth-order valence-electron chi connectivity index (χ4n) is 3.06. The first-order chi connectivity index (χ1) is 10.4. The molecule has 0 unspecified atom stereocenters. The molecule has 2 aromatic rings. The predicted molar refractivity (Wildman–Crippen MR) is 88.8 cm³/mol. The zero-order valence-electron chi connectivity index (χ0n) is 13.5. The number of hydrogen-bond acceptors (Lipinski definition) is 4. The molecule has 0 saturated carbocycles. The van der Waals surface area contributed by atoms with E-state index < -0.39 is 0 Å². The van der Waals surface area contributed by atoms with E-state index in [1.54, 1.807) is 7.05 Å². The minimum atomic E-state index is -0.332. The van der Waals surface area contributed by atoms with Crippen LogP contribution in [0.1, 0.15) is 18.1 Å². The van der Waals surface area contributed by atoms with Crippen LogP contribution in [0.15, 0.2) is 21.7 Å². The largest absolute Gasteiger partial charge is 0.338 e. The Morgan fingerprint density at radius 2 is 1.64 bits per heavy atom. The van der Waals surface area contributed by atoms with Crippen LogP contribution < -0.4 is 21.5 Å². The number of fused-ring (bicyclic) bond motifs is 2. The zero-order chi connectivity index (χ0) is 16.2. The van der Waals surface area contributed by atoms with Gasteiger partial charge in [-0.25, -0.2) is 4.79 Å². The molecular weight excluding hydrogens is 280 g/mol. The molecule has 0 atom stereocenters. The fourth-order valence-corrected chi connectivity index (χ4v) is 3.06. The first-order valence-electron chi connectivity index (χ1n) is 7.33. The van der Waals surface area contributed by atoms with Gasteiger partial charge in [0.05, 0.1) is 11.4 Å². The van der Waals surface area contributed by atoms with E-state index in [-0.39, 0.29) is 11.2 Å². The van der Waals surface area contributed by atoms with Crippen molar-refractivity contribution in [2.24, 2.45) is 14.1 Å². The van der Waals surface area contributed by atoms with Gasteiger partial charge in [0, 0.05) is 20.6 Å². The Balaban J connectivity index is 2.44. The van der Waals surface area contributed by atoms with Crippen LogP contribution in [0.2, 0.25) is 0 Å². The highest BCUT2D eigenvalue weighted by molar-refractivity contribution is 5.92. The monoisotopic (exact) mass is 300 g/mol. The van der Waals surface area contributed by atoms with Crippen LogP contribution in [-0.4, -0.2) is 15.7 Å². The van der Waals surface area contributed by atoms with Crippen molar-refractivity contribution in [3.8, 4) is 0 Å². The Labute approximate surface area is 128 Å². The van der Waals surface area contributed by atoms with Crippen LogP contribution in [0.25, 0.3) is 0 Å². The topological polar surface area (TPSA) is 59.3 Å².